The van der Waals surface area contributed by atoms with E-state index in [1.165, 1.54) is 25.3 Å². The van der Waals surface area contributed by atoms with Crippen LogP contribution in [0.15, 0.2) is 42.5 Å². The van der Waals surface area contributed by atoms with Crippen LogP contribution in [0.3, 0.4) is 0 Å². The Bertz CT molecular complexity index is 667. The number of carbonyl (C=O) groups is 1. The number of nitrogens with zero attached hydrogens (tertiary/aromatic N) is 1. The average molecular weight is 292 g/mol. The predicted octanol–water partition coefficient (Wildman–Crippen LogP) is 3.70. The van der Waals surface area contributed by atoms with Crippen LogP contribution < -0.4 is 0 Å². The van der Waals surface area contributed by atoms with Crippen molar-refractivity contribution in [3.63, 3.8) is 0 Å². The quantitative estimate of drug-likeness (QED) is 0.491. The van der Waals surface area contributed by atoms with Gasteiger partial charge in [0.2, 0.25) is 0 Å². The van der Waals surface area contributed by atoms with Crippen LogP contribution in [0.2, 0.25) is 5.02 Å². The molecular formula is C14H10ClNO4. The highest BCUT2D eigenvalue weighted by Crippen LogP contribution is 2.31. The number of nitro benzene ring substituents is 1. The molecule has 2 rings (SSSR count). The Kier molecular flexibility index (Phi) is 4.00. The van der Waals surface area contributed by atoms with E-state index in [1.807, 2.05) is 0 Å². The Balaban J connectivity index is 2.60. The van der Waals surface area contributed by atoms with E-state index in [9.17, 15) is 14.9 Å². The third-order valence-corrected chi connectivity index (χ3v) is 3.02. The number of esters is 1. The molecule has 0 spiro atoms. The molecule has 0 amide bonds. The zero-order valence-electron chi connectivity index (χ0n) is 10.5. The molecule has 5 nitrogen and oxygen atoms in total. The summed E-state index contributed by atoms with van der Waals surface area (Å²) in [5, 5.41) is 11.6. The number of hydrogen-bond acceptors (Lipinski definition) is 4. The van der Waals surface area contributed by atoms with E-state index in [1.54, 1.807) is 24.3 Å². The first kappa shape index (κ1) is 14.0. The molecule has 0 fully saturated rings. The second-order valence-electron chi connectivity index (χ2n) is 3.99. The standard InChI is InChI=1S/C14H10ClNO4/c1-20-14(17)10-4-7-13(16(18)19)12(8-10)9-2-5-11(15)6-3-9/h2-8H,1H3. The minimum absolute atomic E-state index is 0.0834. The average Bonchev–Trinajstić information content (AvgIpc) is 2.46. The molecule has 102 valence electrons. The van der Waals surface area contributed by atoms with Gasteiger partial charge in [-0.2, -0.15) is 0 Å². The largest absolute Gasteiger partial charge is 0.465 e. The summed E-state index contributed by atoms with van der Waals surface area (Å²) in [6.45, 7) is 0. The highest BCUT2D eigenvalue weighted by molar-refractivity contribution is 6.30. The van der Waals surface area contributed by atoms with Gasteiger partial charge in [-0.25, -0.2) is 4.79 Å². The molecule has 2 aromatic rings. The maximum absolute atomic E-state index is 11.5. The first-order chi connectivity index (χ1) is 9.52. The maximum atomic E-state index is 11.5. The van der Waals surface area contributed by atoms with Crippen molar-refractivity contribution >= 4 is 23.3 Å². The molecule has 0 N–H and O–H groups in total. The van der Waals surface area contributed by atoms with E-state index in [-0.39, 0.29) is 11.3 Å². The third-order valence-electron chi connectivity index (χ3n) is 2.77. The SMILES string of the molecule is COC(=O)c1ccc([N+](=O)[O-])c(-c2ccc(Cl)cc2)c1. The molecule has 0 aromatic heterocycles. The van der Waals surface area contributed by atoms with Gasteiger partial charge in [0.05, 0.1) is 23.2 Å². The Labute approximate surface area is 119 Å². The van der Waals surface area contributed by atoms with Crippen molar-refractivity contribution in [3.8, 4) is 11.1 Å². The topological polar surface area (TPSA) is 69.4 Å². The zero-order chi connectivity index (χ0) is 14.7. The maximum Gasteiger partial charge on any atom is 0.337 e. The van der Waals surface area contributed by atoms with Gasteiger partial charge in [0.1, 0.15) is 0 Å². The number of benzene rings is 2. The second-order valence-corrected chi connectivity index (χ2v) is 4.42. The molecule has 0 aliphatic rings. The zero-order valence-corrected chi connectivity index (χ0v) is 11.3. The first-order valence-electron chi connectivity index (χ1n) is 5.65. The van der Waals surface area contributed by atoms with Gasteiger partial charge in [0.15, 0.2) is 0 Å². The Hall–Kier alpha value is -2.40. The lowest BCUT2D eigenvalue weighted by molar-refractivity contribution is -0.384. The number of ether oxygens (including phenoxy) is 1. The smallest absolute Gasteiger partial charge is 0.337 e. The molecule has 0 saturated heterocycles. The minimum Gasteiger partial charge on any atom is -0.465 e. The van der Waals surface area contributed by atoms with Gasteiger partial charge in [-0.15, -0.1) is 0 Å². The molecular weight excluding hydrogens is 282 g/mol. The molecule has 2 aromatic carbocycles. The van der Waals surface area contributed by atoms with E-state index in [4.69, 9.17) is 11.6 Å². The first-order valence-corrected chi connectivity index (χ1v) is 6.03. The molecule has 0 aliphatic carbocycles. The summed E-state index contributed by atoms with van der Waals surface area (Å²) in [4.78, 5) is 22.1. The van der Waals surface area contributed by atoms with Crippen molar-refractivity contribution in [1.29, 1.82) is 0 Å². The Morgan fingerprint density at radius 1 is 1.20 bits per heavy atom. The highest BCUT2D eigenvalue weighted by Gasteiger charge is 2.18. The van der Waals surface area contributed by atoms with Crippen molar-refractivity contribution in [2.75, 3.05) is 7.11 Å². The summed E-state index contributed by atoms with van der Waals surface area (Å²) in [7, 11) is 1.26. The lowest BCUT2D eigenvalue weighted by Crippen LogP contribution is -2.02. The van der Waals surface area contributed by atoms with Crippen LogP contribution >= 0.6 is 11.6 Å². The van der Waals surface area contributed by atoms with Gasteiger partial charge >= 0.3 is 5.97 Å². The van der Waals surface area contributed by atoms with Crippen molar-refractivity contribution in [2.24, 2.45) is 0 Å². The highest BCUT2D eigenvalue weighted by atomic mass is 35.5. The van der Waals surface area contributed by atoms with Crippen molar-refractivity contribution in [2.45, 2.75) is 0 Å². The molecule has 0 unspecified atom stereocenters. The fraction of sp³-hybridized carbons (Fsp3) is 0.0714. The predicted molar refractivity (Wildman–Crippen MR) is 74.9 cm³/mol. The molecule has 0 aliphatic heterocycles. The minimum atomic E-state index is -0.546. The fourth-order valence-electron chi connectivity index (χ4n) is 1.80. The van der Waals surface area contributed by atoms with Crippen LogP contribution in [0.4, 0.5) is 5.69 Å². The number of halogens is 1. The molecule has 0 heterocycles. The van der Waals surface area contributed by atoms with E-state index in [0.29, 0.717) is 16.1 Å². The number of methoxy groups -OCH3 is 1. The van der Waals surface area contributed by atoms with Gasteiger partial charge in [0, 0.05) is 11.1 Å². The molecule has 0 saturated carbocycles. The van der Waals surface area contributed by atoms with Crippen LogP contribution in [-0.4, -0.2) is 18.0 Å². The Morgan fingerprint density at radius 2 is 1.85 bits per heavy atom. The molecule has 20 heavy (non-hydrogen) atoms. The molecule has 0 bridgehead atoms. The van der Waals surface area contributed by atoms with E-state index in [0.717, 1.165) is 0 Å². The number of carbonyl (C=O) groups excluding carboxylic acids is 1. The van der Waals surface area contributed by atoms with Crippen molar-refractivity contribution < 1.29 is 14.5 Å². The van der Waals surface area contributed by atoms with Crippen LogP contribution in [0.25, 0.3) is 11.1 Å². The van der Waals surface area contributed by atoms with Gasteiger partial charge < -0.3 is 4.74 Å². The summed E-state index contributed by atoms with van der Waals surface area (Å²) in [5.41, 5.74) is 1.12. The van der Waals surface area contributed by atoms with E-state index in [2.05, 4.69) is 4.74 Å². The molecule has 0 atom stereocenters. The van der Waals surface area contributed by atoms with Crippen LogP contribution in [0.1, 0.15) is 10.4 Å². The molecule has 0 radical (unpaired) electrons. The Morgan fingerprint density at radius 3 is 2.40 bits per heavy atom. The monoisotopic (exact) mass is 291 g/mol. The number of rotatable bonds is 3. The third kappa shape index (κ3) is 2.78. The fourth-order valence-corrected chi connectivity index (χ4v) is 1.93. The summed E-state index contributed by atoms with van der Waals surface area (Å²) >= 11 is 5.80. The summed E-state index contributed by atoms with van der Waals surface area (Å²) in [6.07, 6.45) is 0. The summed E-state index contributed by atoms with van der Waals surface area (Å²) in [5.74, 6) is -0.546. The molecule has 6 heteroatoms. The normalized spacial score (nSPS) is 10.1. The van der Waals surface area contributed by atoms with Gasteiger partial charge in [-0.1, -0.05) is 23.7 Å². The van der Waals surface area contributed by atoms with Crippen LogP contribution in [-0.2, 0) is 4.74 Å². The lowest BCUT2D eigenvalue weighted by Gasteiger charge is -2.06. The van der Waals surface area contributed by atoms with Crippen LogP contribution in [0.5, 0.6) is 0 Å². The van der Waals surface area contributed by atoms with Gasteiger partial charge in [-0.05, 0) is 29.8 Å². The van der Waals surface area contributed by atoms with Crippen molar-refractivity contribution in [3.05, 3.63) is 63.2 Å². The van der Waals surface area contributed by atoms with Crippen molar-refractivity contribution in [1.82, 2.24) is 0 Å². The number of hydrogen-bond donors (Lipinski definition) is 0. The lowest BCUT2D eigenvalue weighted by atomic mass is 10.0. The number of nitro groups is 1. The van der Waals surface area contributed by atoms with E-state index >= 15 is 0 Å². The van der Waals surface area contributed by atoms with Crippen LogP contribution in [0, 0.1) is 10.1 Å². The van der Waals surface area contributed by atoms with Gasteiger partial charge in [-0.3, -0.25) is 10.1 Å². The summed E-state index contributed by atoms with van der Waals surface area (Å²) in [6, 6.07) is 10.7. The summed E-state index contributed by atoms with van der Waals surface area (Å²) < 4.78 is 4.62. The second kappa shape index (κ2) is 5.71. The van der Waals surface area contributed by atoms with Gasteiger partial charge in [0.25, 0.3) is 5.69 Å². The van der Waals surface area contributed by atoms with E-state index < -0.39 is 10.9 Å².